The molecule has 1 saturated heterocycles. The summed E-state index contributed by atoms with van der Waals surface area (Å²) in [5, 5.41) is 2.86. The maximum atomic E-state index is 13.2. The van der Waals surface area contributed by atoms with Gasteiger partial charge in [-0.3, -0.25) is 14.6 Å². The van der Waals surface area contributed by atoms with Crippen molar-refractivity contribution in [3.8, 4) is 0 Å². The van der Waals surface area contributed by atoms with Crippen LogP contribution in [0.4, 0.5) is 4.39 Å². The zero-order valence-corrected chi connectivity index (χ0v) is 13.6. The van der Waals surface area contributed by atoms with Crippen LogP contribution in [-0.2, 0) is 17.9 Å². The van der Waals surface area contributed by atoms with E-state index in [1.54, 1.807) is 24.5 Å². The van der Waals surface area contributed by atoms with E-state index in [4.69, 9.17) is 4.42 Å². The lowest BCUT2D eigenvalue weighted by atomic mass is 10.2. The molecule has 6 heteroatoms. The first-order chi connectivity index (χ1) is 11.7. The Kier molecular flexibility index (Phi) is 5.61. The molecule has 1 amide bonds. The molecule has 0 spiro atoms. The van der Waals surface area contributed by atoms with Crippen LogP contribution in [0.2, 0.25) is 0 Å². The highest BCUT2D eigenvalue weighted by Crippen LogP contribution is 2.10. The van der Waals surface area contributed by atoms with Gasteiger partial charge in [0.2, 0.25) is 5.91 Å². The lowest BCUT2D eigenvalue weighted by Crippen LogP contribution is -2.49. The minimum atomic E-state index is -0.195. The summed E-state index contributed by atoms with van der Waals surface area (Å²) < 4.78 is 18.4. The molecule has 3 rings (SSSR count). The molecule has 1 aliphatic rings. The van der Waals surface area contributed by atoms with Gasteiger partial charge in [-0.15, -0.1) is 0 Å². The van der Waals surface area contributed by atoms with Crippen LogP contribution in [0.3, 0.4) is 0 Å². The van der Waals surface area contributed by atoms with E-state index in [0.717, 1.165) is 44.0 Å². The third-order valence-electron chi connectivity index (χ3n) is 4.17. The number of carbonyl (C=O) groups is 1. The second kappa shape index (κ2) is 8.08. The molecule has 24 heavy (non-hydrogen) atoms. The Morgan fingerprint density at radius 3 is 2.62 bits per heavy atom. The summed E-state index contributed by atoms with van der Waals surface area (Å²) in [6.07, 6.45) is 1.60. The summed E-state index contributed by atoms with van der Waals surface area (Å²) in [7, 11) is 0. The zero-order valence-electron chi connectivity index (χ0n) is 13.6. The number of amides is 1. The number of nitrogens with zero attached hydrogens (tertiary/aromatic N) is 2. The molecule has 0 radical (unpaired) electrons. The van der Waals surface area contributed by atoms with Crippen LogP contribution < -0.4 is 5.32 Å². The average Bonchev–Trinajstić information content (AvgIpc) is 3.08. The molecule has 1 N–H and O–H groups in total. The summed E-state index contributed by atoms with van der Waals surface area (Å²) in [6, 6.07) is 10.4. The van der Waals surface area contributed by atoms with Gasteiger partial charge in [0.05, 0.1) is 19.4 Å². The van der Waals surface area contributed by atoms with Crippen LogP contribution in [0, 0.1) is 5.82 Å². The number of hydrogen-bond acceptors (Lipinski definition) is 4. The number of piperazine rings is 1. The van der Waals surface area contributed by atoms with Gasteiger partial charge in [-0.05, 0) is 29.8 Å². The van der Waals surface area contributed by atoms with Crippen LogP contribution in [-0.4, -0.2) is 48.4 Å². The first-order valence-electron chi connectivity index (χ1n) is 8.17. The van der Waals surface area contributed by atoms with Gasteiger partial charge in [-0.25, -0.2) is 4.39 Å². The summed E-state index contributed by atoms with van der Waals surface area (Å²) in [5.74, 6) is 0.563. The van der Waals surface area contributed by atoms with Gasteiger partial charge < -0.3 is 9.73 Å². The van der Waals surface area contributed by atoms with Crippen molar-refractivity contribution in [2.24, 2.45) is 0 Å². The monoisotopic (exact) mass is 331 g/mol. The smallest absolute Gasteiger partial charge is 0.234 e. The van der Waals surface area contributed by atoms with Crippen LogP contribution in [0.25, 0.3) is 0 Å². The van der Waals surface area contributed by atoms with E-state index < -0.39 is 0 Å². The highest BCUT2D eigenvalue weighted by atomic mass is 19.1. The first-order valence-corrected chi connectivity index (χ1v) is 8.17. The van der Waals surface area contributed by atoms with Crippen molar-refractivity contribution in [3.05, 3.63) is 59.8 Å². The van der Waals surface area contributed by atoms with Crippen molar-refractivity contribution in [2.45, 2.75) is 13.1 Å². The standard InChI is InChI=1S/C18H22FN3O2/c19-16-4-1-3-15(11-16)13-21-6-8-22(9-7-21)14-18(23)20-12-17-5-2-10-24-17/h1-5,10-11H,6-9,12-14H2,(H,20,23). The summed E-state index contributed by atoms with van der Waals surface area (Å²) in [6.45, 7) is 4.99. The number of carbonyl (C=O) groups excluding carboxylic acids is 1. The van der Waals surface area contributed by atoms with Crippen LogP contribution in [0.5, 0.6) is 0 Å². The van der Waals surface area contributed by atoms with Crippen LogP contribution >= 0.6 is 0 Å². The van der Waals surface area contributed by atoms with E-state index in [1.165, 1.54) is 6.07 Å². The van der Waals surface area contributed by atoms with Crippen molar-refractivity contribution < 1.29 is 13.6 Å². The Bertz CT molecular complexity index is 652. The number of benzene rings is 1. The Morgan fingerprint density at radius 1 is 1.12 bits per heavy atom. The van der Waals surface area contributed by atoms with Gasteiger partial charge in [-0.2, -0.15) is 0 Å². The molecule has 0 saturated carbocycles. The number of furan rings is 1. The maximum Gasteiger partial charge on any atom is 0.234 e. The third kappa shape index (κ3) is 4.91. The maximum absolute atomic E-state index is 13.2. The Balaban J connectivity index is 1.38. The number of rotatable bonds is 6. The number of halogens is 1. The predicted octanol–water partition coefficient (Wildman–Crippen LogP) is 1.85. The third-order valence-corrected chi connectivity index (χ3v) is 4.17. The van der Waals surface area contributed by atoms with Gasteiger partial charge in [0.15, 0.2) is 0 Å². The Hall–Kier alpha value is -2.18. The molecular weight excluding hydrogens is 309 g/mol. The summed E-state index contributed by atoms with van der Waals surface area (Å²) in [4.78, 5) is 16.4. The van der Waals surface area contributed by atoms with Gasteiger partial charge >= 0.3 is 0 Å². The molecule has 1 aliphatic heterocycles. The van der Waals surface area contributed by atoms with Crippen molar-refractivity contribution in [1.29, 1.82) is 0 Å². The van der Waals surface area contributed by atoms with Crippen molar-refractivity contribution in [3.63, 3.8) is 0 Å². The SMILES string of the molecule is O=C(CN1CCN(Cc2cccc(F)c2)CC1)NCc1ccco1. The molecule has 2 aromatic rings. The second-order valence-corrected chi connectivity index (χ2v) is 6.04. The molecule has 1 fully saturated rings. The lowest BCUT2D eigenvalue weighted by Gasteiger charge is -2.34. The normalized spacial score (nSPS) is 16.2. The quantitative estimate of drug-likeness (QED) is 0.878. The van der Waals surface area contributed by atoms with E-state index in [2.05, 4.69) is 15.1 Å². The van der Waals surface area contributed by atoms with Crippen LogP contribution in [0.15, 0.2) is 47.1 Å². The van der Waals surface area contributed by atoms with E-state index in [-0.39, 0.29) is 11.7 Å². The molecular formula is C18H22FN3O2. The van der Waals surface area contributed by atoms with Crippen molar-refractivity contribution >= 4 is 5.91 Å². The summed E-state index contributed by atoms with van der Waals surface area (Å²) >= 11 is 0. The summed E-state index contributed by atoms with van der Waals surface area (Å²) in [5.41, 5.74) is 0.986. The fourth-order valence-corrected chi connectivity index (χ4v) is 2.86. The van der Waals surface area contributed by atoms with Gasteiger partial charge in [-0.1, -0.05) is 12.1 Å². The van der Waals surface area contributed by atoms with Crippen molar-refractivity contribution in [1.82, 2.24) is 15.1 Å². The van der Waals surface area contributed by atoms with E-state index in [0.29, 0.717) is 13.1 Å². The first kappa shape index (κ1) is 16.7. The minimum absolute atomic E-state index is 0.00461. The molecule has 0 bridgehead atoms. The predicted molar refractivity (Wildman–Crippen MR) is 88.7 cm³/mol. The van der Waals surface area contributed by atoms with Gasteiger partial charge in [0.1, 0.15) is 11.6 Å². The second-order valence-electron chi connectivity index (χ2n) is 6.04. The molecule has 5 nitrogen and oxygen atoms in total. The number of nitrogens with one attached hydrogen (secondary N) is 1. The Labute approximate surface area is 141 Å². The highest BCUT2D eigenvalue weighted by molar-refractivity contribution is 5.77. The highest BCUT2D eigenvalue weighted by Gasteiger charge is 2.19. The molecule has 128 valence electrons. The molecule has 2 heterocycles. The number of hydrogen-bond donors (Lipinski definition) is 1. The Morgan fingerprint density at radius 2 is 1.92 bits per heavy atom. The van der Waals surface area contributed by atoms with E-state index in [1.807, 2.05) is 12.1 Å². The average molecular weight is 331 g/mol. The molecule has 0 aliphatic carbocycles. The largest absolute Gasteiger partial charge is 0.467 e. The minimum Gasteiger partial charge on any atom is -0.467 e. The fourth-order valence-electron chi connectivity index (χ4n) is 2.86. The van der Waals surface area contributed by atoms with E-state index >= 15 is 0 Å². The zero-order chi connectivity index (χ0) is 16.8. The van der Waals surface area contributed by atoms with Crippen LogP contribution in [0.1, 0.15) is 11.3 Å². The molecule has 0 unspecified atom stereocenters. The molecule has 1 aromatic heterocycles. The van der Waals surface area contributed by atoms with Gasteiger partial charge in [0.25, 0.3) is 0 Å². The van der Waals surface area contributed by atoms with Gasteiger partial charge in [0, 0.05) is 32.7 Å². The topological polar surface area (TPSA) is 48.7 Å². The van der Waals surface area contributed by atoms with Crippen molar-refractivity contribution in [2.75, 3.05) is 32.7 Å². The molecule has 1 aromatic carbocycles. The fraction of sp³-hybridized carbons (Fsp3) is 0.389. The lowest BCUT2D eigenvalue weighted by molar-refractivity contribution is -0.122. The van der Waals surface area contributed by atoms with E-state index in [9.17, 15) is 9.18 Å². The molecule has 0 atom stereocenters.